The van der Waals surface area contributed by atoms with E-state index in [0.29, 0.717) is 19.4 Å². The molecule has 0 aromatic heterocycles. The van der Waals surface area contributed by atoms with Crippen LogP contribution in [0.5, 0.6) is 0 Å². The van der Waals surface area contributed by atoms with E-state index >= 15 is 0 Å². The summed E-state index contributed by atoms with van der Waals surface area (Å²) in [6.45, 7) is 7.85. The van der Waals surface area contributed by atoms with Gasteiger partial charge in [0.2, 0.25) is 0 Å². The Morgan fingerprint density at radius 3 is 2.33 bits per heavy atom. The summed E-state index contributed by atoms with van der Waals surface area (Å²) in [5, 5.41) is 11.7. The molecule has 6 nitrogen and oxygen atoms in total. The fourth-order valence-electron chi connectivity index (χ4n) is 3.88. The number of cyclic esters (lactones) is 1. The lowest BCUT2D eigenvalue weighted by Crippen LogP contribution is -2.65. The number of ether oxygens (including phenoxy) is 2. The Bertz CT molecular complexity index is 649. The van der Waals surface area contributed by atoms with Crippen molar-refractivity contribution in [2.75, 3.05) is 0 Å². The predicted molar refractivity (Wildman–Crippen MR) is 88.5 cm³/mol. The molecule has 1 N–H and O–H groups in total. The van der Waals surface area contributed by atoms with E-state index in [9.17, 15) is 10.0 Å². The van der Waals surface area contributed by atoms with Gasteiger partial charge in [-0.1, -0.05) is 30.3 Å². The molecule has 0 radical (unpaired) electrons. The molecule has 1 saturated heterocycles. The first-order chi connectivity index (χ1) is 11.1. The predicted octanol–water partition coefficient (Wildman–Crippen LogP) is 2.90. The zero-order valence-electron chi connectivity index (χ0n) is 14.6. The Kier molecular flexibility index (Phi) is 3.92. The molecule has 3 rings (SSSR count). The number of hydrogen-bond acceptors (Lipinski definition) is 6. The van der Waals surface area contributed by atoms with Crippen LogP contribution in [0.2, 0.25) is 0 Å². The third-order valence-corrected chi connectivity index (χ3v) is 4.67. The van der Waals surface area contributed by atoms with Crippen LogP contribution < -0.4 is 0 Å². The van der Waals surface area contributed by atoms with Crippen LogP contribution in [0.25, 0.3) is 0 Å². The van der Waals surface area contributed by atoms with E-state index in [0.717, 1.165) is 5.56 Å². The largest absolute Gasteiger partial charge is 0.445 e. The van der Waals surface area contributed by atoms with Gasteiger partial charge in [-0.25, -0.2) is 4.79 Å². The van der Waals surface area contributed by atoms with Crippen molar-refractivity contribution in [3.63, 3.8) is 0 Å². The number of nitrogens with zero attached hydrogens (tertiary/aromatic N) is 2. The minimum Gasteiger partial charge on any atom is -0.445 e. The minimum absolute atomic E-state index is 0.0156. The van der Waals surface area contributed by atoms with Gasteiger partial charge in [0.1, 0.15) is 6.61 Å². The average Bonchev–Trinajstić information content (AvgIpc) is 2.78. The number of carbonyl (C=O) groups excluding carboxylic acids is 1. The Labute approximate surface area is 142 Å². The molecule has 1 spiro atoms. The first kappa shape index (κ1) is 16.9. The third kappa shape index (κ3) is 2.91. The number of benzene rings is 1. The van der Waals surface area contributed by atoms with E-state index in [2.05, 4.69) is 4.99 Å². The molecule has 6 heteroatoms. The van der Waals surface area contributed by atoms with E-state index in [1.54, 1.807) is 0 Å². The van der Waals surface area contributed by atoms with Crippen molar-refractivity contribution >= 4 is 12.1 Å². The molecule has 1 aromatic rings. The molecule has 0 aliphatic carbocycles. The van der Waals surface area contributed by atoms with Crippen molar-refractivity contribution in [3.05, 3.63) is 35.9 Å². The number of hydrogen-bond donors (Lipinski definition) is 1. The quantitative estimate of drug-likeness (QED) is 0.843. The lowest BCUT2D eigenvalue weighted by atomic mass is 9.71. The van der Waals surface area contributed by atoms with E-state index < -0.39 is 22.6 Å². The van der Waals surface area contributed by atoms with Crippen LogP contribution in [0.15, 0.2) is 35.3 Å². The average molecular weight is 332 g/mol. The van der Waals surface area contributed by atoms with Gasteiger partial charge in [-0.3, -0.25) is 0 Å². The molecule has 0 saturated carbocycles. The number of carbonyl (C=O) groups is 1. The molecular formula is C18H24N2O4. The molecule has 130 valence electrons. The van der Waals surface area contributed by atoms with Crippen molar-refractivity contribution in [2.45, 2.75) is 63.8 Å². The Morgan fingerprint density at radius 1 is 1.17 bits per heavy atom. The first-order valence-corrected chi connectivity index (χ1v) is 8.13. The second-order valence-corrected chi connectivity index (χ2v) is 7.86. The van der Waals surface area contributed by atoms with Crippen LogP contribution in [0.3, 0.4) is 0 Å². The number of aliphatic imine (C=N–C) groups is 1. The van der Waals surface area contributed by atoms with Gasteiger partial charge in [-0.15, -0.1) is 0 Å². The second-order valence-electron chi connectivity index (χ2n) is 7.86. The van der Waals surface area contributed by atoms with Gasteiger partial charge in [-0.05, 0) is 33.3 Å². The topological polar surface area (TPSA) is 71.4 Å². The fraction of sp³-hybridized carbons (Fsp3) is 0.556. The maximum atomic E-state index is 12.5. The highest BCUT2D eigenvalue weighted by molar-refractivity contribution is 5.97. The molecule has 0 bridgehead atoms. The molecule has 2 aliphatic rings. The van der Waals surface area contributed by atoms with Gasteiger partial charge >= 0.3 is 12.1 Å². The second kappa shape index (κ2) is 5.57. The summed E-state index contributed by atoms with van der Waals surface area (Å²) in [4.78, 5) is 17.0. The Hall–Kier alpha value is -1.92. The molecule has 0 amide bonds. The summed E-state index contributed by atoms with van der Waals surface area (Å²) in [5.41, 5.74) is -1.22. The van der Waals surface area contributed by atoms with Crippen LogP contribution >= 0.6 is 0 Å². The maximum Gasteiger partial charge on any atom is 0.392 e. The summed E-state index contributed by atoms with van der Waals surface area (Å²) in [6.07, 6.45) is 0.760. The Morgan fingerprint density at radius 2 is 1.75 bits per heavy atom. The minimum atomic E-state index is -1.00. The zero-order valence-corrected chi connectivity index (χ0v) is 14.6. The monoisotopic (exact) mass is 332 g/mol. The van der Waals surface area contributed by atoms with Crippen molar-refractivity contribution in [2.24, 2.45) is 4.99 Å². The highest BCUT2D eigenvalue weighted by Crippen LogP contribution is 2.46. The van der Waals surface area contributed by atoms with E-state index in [-0.39, 0.29) is 6.08 Å². The number of esters is 1. The van der Waals surface area contributed by atoms with Crippen molar-refractivity contribution in [1.82, 2.24) is 5.06 Å². The molecule has 0 atom stereocenters. The lowest BCUT2D eigenvalue weighted by Gasteiger charge is -2.52. The molecule has 2 heterocycles. The highest BCUT2D eigenvalue weighted by atomic mass is 16.7. The number of rotatable bonds is 2. The van der Waals surface area contributed by atoms with Gasteiger partial charge < -0.3 is 14.7 Å². The first-order valence-electron chi connectivity index (χ1n) is 8.13. The number of hydroxylamine groups is 2. The molecule has 0 unspecified atom stereocenters. The van der Waals surface area contributed by atoms with Crippen LogP contribution in [-0.2, 0) is 20.9 Å². The summed E-state index contributed by atoms with van der Waals surface area (Å²) in [6, 6.07) is 9.64. The van der Waals surface area contributed by atoms with Gasteiger partial charge in [0.25, 0.3) is 0 Å². The maximum absolute atomic E-state index is 12.5. The van der Waals surface area contributed by atoms with Crippen LogP contribution in [-0.4, -0.2) is 38.9 Å². The van der Waals surface area contributed by atoms with Crippen molar-refractivity contribution in [3.8, 4) is 0 Å². The van der Waals surface area contributed by atoms with E-state index in [1.807, 2.05) is 58.0 Å². The lowest BCUT2D eigenvalue weighted by molar-refractivity contribution is -0.252. The van der Waals surface area contributed by atoms with Crippen LogP contribution in [0.4, 0.5) is 0 Å². The van der Waals surface area contributed by atoms with E-state index in [4.69, 9.17) is 9.47 Å². The number of piperidine rings is 1. The van der Waals surface area contributed by atoms with Crippen LogP contribution in [0.1, 0.15) is 46.1 Å². The van der Waals surface area contributed by atoms with Gasteiger partial charge in [-0.2, -0.15) is 10.1 Å². The third-order valence-electron chi connectivity index (χ3n) is 4.67. The molecule has 1 fully saturated rings. The molecule has 2 aliphatic heterocycles. The zero-order chi connectivity index (χ0) is 17.6. The standard InChI is InChI=1S/C18H24N2O4/c1-16(2)11-18(12-17(3,4)20(16)22)14(21)24-15(19-18)23-10-13-8-6-5-7-9-13/h5-9,22H,10-12H2,1-4H3. The van der Waals surface area contributed by atoms with E-state index in [1.165, 1.54) is 5.06 Å². The summed E-state index contributed by atoms with van der Waals surface area (Å²) in [7, 11) is 0. The van der Waals surface area contributed by atoms with Crippen LogP contribution in [0, 0.1) is 0 Å². The SMILES string of the molecule is CC1(C)CC2(CC(C)(C)N1O)N=C(OCc1ccccc1)OC2=O. The van der Waals surface area contributed by atoms with Gasteiger partial charge in [0.15, 0.2) is 5.54 Å². The van der Waals surface area contributed by atoms with Crippen molar-refractivity contribution < 1.29 is 19.5 Å². The molecule has 24 heavy (non-hydrogen) atoms. The fourth-order valence-corrected chi connectivity index (χ4v) is 3.88. The molecule has 1 aromatic carbocycles. The van der Waals surface area contributed by atoms with Gasteiger partial charge in [0.05, 0.1) is 0 Å². The van der Waals surface area contributed by atoms with Gasteiger partial charge in [0, 0.05) is 23.9 Å². The Balaban J connectivity index is 1.80. The van der Waals surface area contributed by atoms with Crippen molar-refractivity contribution in [1.29, 1.82) is 0 Å². The summed E-state index contributed by atoms with van der Waals surface area (Å²) in [5.74, 6) is -0.403. The highest BCUT2D eigenvalue weighted by Gasteiger charge is 2.59. The summed E-state index contributed by atoms with van der Waals surface area (Å²) >= 11 is 0. The molecular weight excluding hydrogens is 308 g/mol. The summed E-state index contributed by atoms with van der Waals surface area (Å²) < 4.78 is 10.9. The normalized spacial score (nSPS) is 24.5. The smallest absolute Gasteiger partial charge is 0.392 e.